The van der Waals surface area contributed by atoms with Crippen LogP contribution in [0.15, 0.2) is 23.4 Å². The minimum Gasteiger partial charge on any atom is -0.316 e. The van der Waals surface area contributed by atoms with Gasteiger partial charge >= 0.3 is 0 Å². The Morgan fingerprint density at radius 2 is 2.18 bits per heavy atom. The molecule has 1 heterocycles. The lowest BCUT2D eigenvalue weighted by Crippen LogP contribution is -2.18. The third kappa shape index (κ3) is 7.63. The third-order valence-corrected chi connectivity index (χ3v) is 3.53. The second-order valence-electron chi connectivity index (χ2n) is 4.45. The molecule has 0 unspecified atom stereocenters. The minimum atomic E-state index is 0.696. The maximum absolute atomic E-state index is 5.77. The highest BCUT2D eigenvalue weighted by Gasteiger charge is 1.96. The van der Waals surface area contributed by atoms with Crippen molar-refractivity contribution in [2.45, 2.75) is 31.7 Å². The summed E-state index contributed by atoms with van der Waals surface area (Å²) in [4.78, 5) is 4.24. The summed E-state index contributed by atoms with van der Waals surface area (Å²) in [6.07, 6.45) is 4.26. The van der Waals surface area contributed by atoms with Gasteiger partial charge in [-0.25, -0.2) is 4.98 Å². The second kappa shape index (κ2) is 8.78. The number of nitrogens with zero attached hydrogens (tertiary/aromatic N) is 1. The number of halogens is 1. The van der Waals surface area contributed by atoms with Gasteiger partial charge < -0.3 is 5.32 Å². The van der Waals surface area contributed by atoms with Crippen LogP contribution < -0.4 is 5.32 Å². The highest BCUT2D eigenvalue weighted by molar-refractivity contribution is 7.99. The zero-order valence-electron chi connectivity index (χ0n) is 10.6. The summed E-state index contributed by atoms with van der Waals surface area (Å²) in [6, 6.07) is 3.85. The average Bonchev–Trinajstić information content (AvgIpc) is 2.30. The molecule has 4 heteroatoms. The molecule has 0 bridgehead atoms. The Morgan fingerprint density at radius 3 is 2.82 bits per heavy atom. The van der Waals surface area contributed by atoms with Gasteiger partial charge in [0.2, 0.25) is 0 Å². The van der Waals surface area contributed by atoms with Crippen LogP contribution in [0.1, 0.15) is 26.7 Å². The van der Waals surface area contributed by atoms with Crippen molar-refractivity contribution in [2.24, 2.45) is 5.92 Å². The van der Waals surface area contributed by atoms with Crippen LogP contribution in [0.3, 0.4) is 0 Å². The minimum absolute atomic E-state index is 0.696. The Hall–Kier alpha value is -0.250. The van der Waals surface area contributed by atoms with Crippen molar-refractivity contribution in [2.75, 3.05) is 18.8 Å². The Bertz CT molecular complexity index is 301. The van der Waals surface area contributed by atoms with Crippen LogP contribution in [0.25, 0.3) is 0 Å². The highest BCUT2D eigenvalue weighted by atomic mass is 35.5. The van der Waals surface area contributed by atoms with E-state index in [1.165, 1.54) is 12.8 Å². The smallest absolute Gasteiger partial charge is 0.0961 e. The first-order valence-corrected chi connectivity index (χ1v) is 7.50. The van der Waals surface area contributed by atoms with Gasteiger partial charge in [-0.2, -0.15) is 0 Å². The summed E-state index contributed by atoms with van der Waals surface area (Å²) in [7, 11) is 0. The fraction of sp³-hybridized carbons (Fsp3) is 0.615. The Balaban J connectivity index is 1.99. The van der Waals surface area contributed by atoms with Crippen molar-refractivity contribution in [3.05, 3.63) is 23.4 Å². The number of aromatic nitrogens is 1. The molecule has 1 aromatic heterocycles. The monoisotopic (exact) mass is 272 g/mol. The molecule has 1 N–H and O–H groups in total. The lowest BCUT2D eigenvalue weighted by atomic mass is 10.1. The van der Waals surface area contributed by atoms with E-state index < -0.39 is 0 Å². The lowest BCUT2D eigenvalue weighted by Gasteiger charge is -2.06. The van der Waals surface area contributed by atoms with Crippen molar-refractivity contribution in [1.29, 1.82) is 0 Å². The predicted molar refractivity (Wildman–Crippen MR) is 76.9 cm³/mol. The second-order valence-corrected chi connectivity index (χ2v) is 6.00. The zero-order chi connectivity index (χ0) is 12.5. The molecule has 0 radical (unpaired) electrons. The summed E-state index contributed by atoms with van der Waals surface area (Å²) in [5, 5.41) is 5.18. The van der Waals surface area contributed by atoms with Crippen molar-refractivity contribution < 1.29 is 0 Å². The quantitative estimate of drug-likeness (QED) is 0.575. The Labute approximate surface area is 114 Å². The molecule has 0 spiro atoms. The maximum atomic E-state index is 5.77. The molecule has 2 nitrogen and oxygen atoms in total. The molecule has 1 aromatic rings. The number of rotatable bonds is 8. The number of thioether (sulfide) groups is 1. The van der Waals surface area contributed by atoms with Gasteiger partial charge in [-0.1, -0.05) is 25.4 Å². The largest absolute Gasteiger partial charge is 0.316 e. The summed E-state index contributed by atoms with van der Waals surface area (Å²) in [5.41, 5.74) is 0. The van der Waals surface area contributed by atoms with E-state index in [-0.39, 0.29) is 0 Å². The van der Waals surface area contributed by atoms with Gasteiger partial charge in [0, 0.05) is 18.5 Å². The standard InChI is InChI=1S/C13H21ClN2S/c1-11(2)4-3-7-15-8-9-17-13-6-5-12(14)10-16-13/h5-6,10-11,15H,3-4,7-9H2,1-2H3. The maximum Gasteiger partial charge on any atom is 0.0961 e. The molecule has 0 atom stereocenters. The Morgan fingerprint density at radius 1 is 1.35 bits per heavy atom. The first kappa shape index (κ1) is 14.8. The summed E-state index contributed by atoms with van der Waals surface area (Å²) < 4.78 is 0. The molecule has 17 heavy (non-hydrogen) atoms. The average molecular weight is 273 g/mol. The molecule has 0 fully saturated rings. The molecule has 0 amide bonds. The van der Waals surface area contributed by atoms with E-state index >= 15 is 0 Å². The van der Waals surface area contributed by atoms with Gasteiger partial charge in [0.05, 0.1) is 10.0 Å². The van der Waals surface area contributed by atoms with Gasteiger partial charge in [-0.3, -0.25) is 0 Å². The van der Waals surface area contributed by atoms with E-state index in [0.29, 0.717) is 5.02 Å². The van der Waals surface area contributed by atoms with Crippen molar-refractivity contribution in [3.8, 4) is 0 Å². The number of hydrogen-bond acceptors (Lipinski definition) is 3. The van der Waals surface area contributed by atoms with Crippen LogP contribution >= 0.6 is 23.4 Å². The van der Waals surface area contributed by atoms with Gasteiger partial charge in [0.15, 0.2) is 0 Å². The lowest BCUT2D eigenvalue weighted by molar-refractivity contribution is 0.534. The topological polar surface area (TPSA) is 24.9 Å². The SMILES string of the molecule is CC(C)CCCNCCSc1ccc(Cl)cn1. The Kier molecular flexibility index (Phi) is 7.65. The van der Waals surface area contributed by atoms with Crippen LogP contribution in [-0.4, -0.2) is 23.8 Å². The summed E-state index contributed by atoms with van der Waals surface area (Å²) in [6.45, 7) is 6.68. The molecular weight excluding hydrogens is 252 g/mol. The van der Waals surface area contributed by atoms with Crippen LogP contribution in [0.4, 0.5) is 0 Å². The van der Waals surface area contributed by atoms with Gasteiger partial charge in [0.1, 0.15) is 0 Å². The molecule has 0 aliphatic heterocycles. The fourth-order valence-corrected chi connectivity index (χ4v) is 2.29. The van der Waals surface area contributed by atoms with Crippen LogP contribution in [0.2, 0.25) is 5.02 Å². The van der Waals surface area contributed by atoms with Crippen molar-refractivity contribution >= 4 is 23.4 Å². The number of nitrogens with one attached hydrogen (secondary N) is 1. The first-order chi connectivity index (χ1) is 8.18. The first-order valence-electron chi connectivity index (χ1n) is 6.13. The highest BCUT2D eigenvalue weighted by Crippen LogP contribution is 2.16. The van der Waals surface area contributed by atoms with Crippen LogP contribution in [-0.2, 0) is 0 Å². The molecule has 0 aliphatic rings. The molecule has 0 saturated heterocycles. The normalized spacial score (nSPS) is 11.1. The molecule has 0 aliphatic carbocycles. The summed E-state index contributed by atoms with van der Waals surface area (Å²) >= 11 is 7.53. The van der Waals surface area contributed by atoms with E-state index in [1.807, 2.05) is 12.1 Å². The molecule has 1 rings (SSSR count). The predicted octanol–water partition coefficient (Wildman–Crippen LogP) is 3.85. The van der Waals surface area contributed by atoms with E-state index in [0.717, 1.165) is 29.8 Å². The van der Waals surface area contributed by atoms with Gasteiger partial charge in [-0.05, 0) is 37.4 Å². The van der Waals surface area contributed by atoms with E-state index in [4.69, 9.17) is 11.6 Å². The van der Waals surface area contributed by atoms with Gasteiger partial charge in [0.25, 0.3) is 0 Å². The number of pyridine rings is 1. The van der Waals surface area contributed by atoms with Crippen molar-refractivity contribution in [1.82, 2.24) is 10.3 Å². The van der Waals surface area contributed by atoms with Crippen LogP contribution in [0, 0.1) is 5.92 Å². The molecule has 0 aromatic carbocycles. The molecule has 96 valence electrons. The molecule has 0 saturated carbocycles. The fourth-order valence-electron chi connectivity index (χ4n) is 1.44. The third-order valence-electron chi connectivity index (χ3n) is 2.36. The van der Waals surface area contributed by atoms with Crippen molar-refractivity contribution in [3.63, 3.8) is 0 Å². The molecular formula is C13H21ClN2S. The number of hydrogen-bond donors (Lipinski definition) is 1. The summed E-state index contributed by atoms with van der Waals surface area (Å²) in [5.74, 6) is 1.86. The van der Waals surface area contributed by atoms with E-state index in [9.17, 15) is 0 Å². The van der Waals surface area contributed by atoms with E-state index in [2.05, 4.69) is 24.1 Å². The van der Waals surface area contributed by atoms with Gasteiger partial charge in [-0.15, -0.1) is 11.8 Å². The zero-order valence-corrected chi connectivity index (χ0v) is 12.2. The van der Waals surface area contributed by atoms with Crippen LogP contribution in [0.5, 0.6) is 0 Å². The van der Waals surface area contributed by atoms with E-state index in [1.54, 1.807) is 18.0 Å².